The van der Waals surface area contributed by atoms with Gasteiger partial charge in [-0.2, -0.15) is 0 Å². The molecule has 6 heteroatoms. The summed E-state index contributed by atoms with van der Waals surface area (Å²) in [6.07, 6.45) is 3.47. The fourth-order valence-corrected chi connectivity index (χ4v) is 4.04. The quantitative estimate of drug-likeness (QED) is 0.463. The fourth-order valence-electron chi connectivity index (χ4n) is 4.04. The van der Waals surface area contributed by atoms with E-state index in [9.17, 15) is 0 Å². The first-order valence-electron chi connectivity index (χ1n) is 9.83. The van der Waals surface area contributed by atoms with E-state index in [1.54, 1.807) is 12.6 Å². The molecule has 2 aromatic carbocycles. The lowest BCUT2D eigenvalue weighted by molar-refractivity contribution is -0.882. The smallest absolute Gasteiger partial charge is 0.306 e. The predicted molar refractivity (Wildman–Crippen MR) is 110 cm³/mol. The Kier molecular flexibility index (Phi) is 4.21. The van der Waals surface area contributed by atoms with Crippen LogP contribution in [0.2, 0.25) is 0 Å². The molecule has 0 aliphatic carbocycles. The number of anilines is 1. The summed E-state index contributed by atoms with van der Waals surface area (Å²) in [7, 11) is 4.25. The van der Waals surface area contributed by atoms with Crippen LogP contribution in [0.15, 0.2) is 65.5 Å². The Morgan fingerprint density at radius 1 is 1.07 bits per heavy atom. The number of aromatic nitrogens is 2. The largest absolute Gasteiger partial charge is 0.468 e. The highest BCUT2D eigenvalue weighted by atomic mass is 16.5. The molecule has 0 saturated heterocycles. The minimum atomic E-state index is -0.179. The van der Waals surface area contributed by atoms with Crippen LogP contribution in [0.25, 0.3) is 10.8 Å². The van der Waals surface area contributed by atoms with Gasteiger partial charge in [-0.3, -0.25) is 0 Å². The molecule has 0 spiro atoms. The fraction of sp³-hybridized carbons (Fsp3) is 0.217. The average molecular weight is 388 g/mol. The minimum Gasteiger partial charge on any atom is -0.468 e. The van der Waals surface area contributed by atoms with Gasteiger partial charge in [0.15, 0.2) is 0 Å². The van der Waals surface area contributed by atoms with Crippen LogP contribution in [-0.4, -0.2) is 25.6 Å². The molecule has 0 fully saturated rings. The van der Waals surface area contributed by atoms with E-state index in [0.29, 0.717) is 11.7 Å². The number of fused-ring (bicyclic) bond motifs is 4. The van der Waals surface area contributed by atoms with Crippen molar-refractivity contribution >= 4 is 16.6 Å². The zero-order chi connectivity index (χ0) is 20.0. The van der Waals surface area contributed by atoms with E-state index in [1.165, 1.54) is 4.90 Å². The number of furan rings is 1. The first kappa shape index (κ1) is 17.7. The summed E-state index contributed by atoms with van der Waals surface area (Å²) in [5.41, 5.74) is 8.61. The normalized spacial score (nSPS) is 15.2. The molecule has 1 aliphatic rings. The summed E-state index contributed by atoms with van der Waals surface area (Å²) in [5.74, 6) is 2.65. The number of nitrogen functional groups attached to an aromatic ring is 1. The molecule has 4 aromatic rings. The Balaban J connectivity index is 1.75. The molecular weight excluding hydrogens is 364 g/mol. The maximum absolute atomic E-state index is 6.68. The molecule has 0 bridgehead atoms. The third-order valence-corrected chi connectivity index (χ3v) is 5.53. The molecule has 146 valence electrons. The maximum atomic E-state index is 6.68. The van der Waals surface area contributed by atoms with Crippen molar-refractivity contribution in [3.63, 3.8) is 0 Å². The summed E-state index contributed by atoms with van der Waals surface area (Å²) < 4.78 is 14.1. The standard InChI is InChI=1S/C23H22N4O2/c1-26(2)11-12-27-14-25-23-21(22(27)24)20(17-8-5-13-28-17)19-16-7-4-3-6-15(16)9-10-18(19)29-23/h3-10,13-14,20,24H,11-12H2,1-2H3/p+2/t20-/m1/s1. The molecule has 0 radical (unpaired) electrons. The van der Waals surface area contributed by atoms with Crippen LogP contribution in [0.3, 0.4) is 0 Å². The van der Waals surface area contributed by atoms with Gasteiger partial charge < -0.3 is 19.8 Å². The second kappa shape index (κ2) is 6.90. The van der Waals surface area contributed by atoms with Gasteiger partial charge in [-0.15, -0.1) is 0 Å². The maximum Gasteiger partial charge on any atom is 0.306 e. The van der Waals surface area contributed by atoms with Crippen LogP contribution >= 0.6 is 0 Å². The third kappa shape index (κ3) is 2.93. The van der Waals surface area contributed by atoms with Gasteiger partial charge in [0.05, 0.1) is 26.3 Å². The molecule has 2 aromatic heterocycles. The van der Waals surface area contributed by atoms with Gasteiger partial charge in [-0.05, 0) is 29.0 Å². The number of benzene rings is 2. The van der Waals surface area contributed by atoms with Gasteiger partial charge >= 0.3 is 5.88 Å². The van der Waals surface area contributed by atoms with E-state index < -0.39 is 0 Å². The summed E-state index contributed by atoms with van der Waals surface area (Å²) in [6, 6.07) is 16.3. The first-order valence-corrected chi connectivity index (χ1v) is 9.83. The number of hydrogen-bond acceptors (Lipinski definition) is 4. The predicted octanol–water partition coefficient (Wildman–Crippen LogP) is 2.13. The molecule has 0 saturated carbocycles. The Morgan fingerprint density at radius 3 is 2.72 bits per heavy atom. The SMILES string of the molecule is C[NH+](C)CC[n+]1cnc2c(c1N)[C@H](c1ccco1)c1c(ccc3ccccc13)O2. The number of ether oxygens (including phenoxy) is 1. The van der Waals surface area contributed by atoms with Gasteiger partial charge in [0.25, 0.3) is 0 Å². The first-order chi connectivity index (χ1) is 14.1. The lowest BCUT2D eigenvalue weighted by Gasteiger charge is -2.26. The number of nitrogens with one attached hydrogen (secondary N) is 1. The Hall–Kier alpha value is -3.38. The Bertz CT molecular complexity index is 1190. The van der Waals surface area contributed by atoms with Crippen LogP contribution in [0.1, 0.15) is 22.8 Å². The topological polar surface area (TPSA) is 69.6 Å². The van der Waals surface area contributed by atoms with Crippen LogP contribution in [0.4, 0.5) is 5.82 Å². The van der Waals surface area contributed by atoms with Crippen LogP contribution in [0.5, 0.6) is 11.6 Å². The molecule has 29 heavy (non-hydrogen) atoms. The molecule has 0 unspecified atom stereocenters. The van der Waals surface area contributed by atoms with Crippen molar-refractivity contribution in [2.45, 2.75) is 12.5 Å². The van der Waals surface area contributed by atoms with Crippen molar-refractivity contribution in [1.82, 2.24) is 4.98 Å². The van der Waals surface area contributed by atoms with Crippen LogP contribution in [0, 0.1) is 0 Å². The average Bonchev–Trinajstić information content (AvgIpc) is 3.26. The second-order valence-corrected chi connectivity index (χ2v) is 7.75. The summed E-state index contributed by atoms with van der Waals surface area (Å²) >= 11 is 0. The number of nitrogens with two attached hydrogens (primary N) is 1. The lowest BCUT2D eigenvalue weighted by atomic mass is 9.84. The van der Waals surface area contributed by atoms with Gasteiger partial charge in [-0.1, -0.05) is 35.3 Å². The molecule has 1 atom stereocenters. The van der Waals surface area contributed by atoms with Crippen molar-refractivity contribution in [1.29, 1.82) is 0 Å². The van der Waals surface area contributed by atoms with Crippen molar-refractivity contribution < 1.29 is 18.6 Å². The zero-order valence-corrected chi connectivity index (χ0v) is 16.6. The zero-order valence-electron chi connectivity index (χ0n) is 16.6. The molecular formula is C23H24N4O2+2. The molecule has 6 nitrogen and oxygen atoms in total. The number of hydrogen-bond donors (Lipinski definition) is 2. The highest BCUT2D eigenvalue weighted by Crippen LogP contribution is 2.50. The van der Waals surface area contributed by atoms with Gasteiger partial charge in [0, 0.05) is 5.56 Å². The highest BCUT2D eigenvalue weighted by molar-refractivity contribution is 5.90. The van der Waals surface area contributed by atoms with Gasteiger partial charge in [0.2, 0.25) is 12.1 Å². The third-order valence-electron chi connectivity index (χ3n) is 5.53. The summed E-state index contributed by atoms with van der Waals surface area (Å²) in [4.78, 5) is 5.96. The van der Waals surface area contributed by atoms with Crippen LogP contribution in [-0.2, 0) is 6.54 Å². The van der Waals surface area contributed by atoms with Crippen molar-refractivity contribution in [3.05, 3.63) is 78.0 Å². The Labute approximate surface area is 169 Å². The number of rotatable bonds is 4. The van der Waals surface area contributed by atoms with Crippen LogP contribution < -0.4 is 19.9 Å². The van der Waals surface area contributed by atoms with Crippen molar-refractivity contribution in [2.24, 2.45) is 0 Å². The molecule has 5 rings (SSSR count). The van der Waals surface area contributed by atoms with E-state index >= 15 is 0 Å². The van der Waals surface area contributed by atoms with E-state index in [4.69, 9.17) is 14.9 Å². The van der Waals surface area contributed by atoms with Gasteiger partial charge in [-0.25, -0.2) is 4.57 Å². The monoisotopic (exact) mass is 388 g/mol. The lowest BCUT2D eigenvalue weighted by Crippen LogP contribution is -3.06. The molecule has 3 heterocycles. The van der Waals surface area contributed by atoms with E-state index in [2.05, 4.69) is 37.3 Å². The second-order valence-electron chi connectivity index (χ2n) is 7.75. The van der Waals surface area contributed by atoms with E-state index in [0.717, 1.165) is 46.5 Å². The molecule has 1 aliphatic heterocycles. The highest BCUT2D eigenvalue weighted by Gasteiger charge is 2.38. The summed E-state index contributed by atoms with van der Waals surface area (Å²) in [5, 5.41) is 2.28. The summed E-state index contributed by atoms with van der Waals surface area (Å²) in [6.45, 7) is 1.73. The van der Waals surface area contributed by atoms with Gasteiger partial charge in [0.1, 0.15) is 30.2 Å². The molecule has 0 amide bonds. The van der Waals surface area contributed by atoms with Crippen molar-refractivity contribution in [3.8, 4) is 11.6 Å². The Morgan fingerprint density at radius 2 is 1.93 bits per heavy atom. The minimum absolute atomic E-state index is 0.179. The van der Waals surface area contributed by atoms with Crippen molar-refractivity contribution in [2.75, 3.05) is 26.4 Å². The number of nitrogens with zero attached hydrogens (tertiary/aromatic N) is 2. The molecule has 3 N–H and O–H groups in total. The van der Waals surface area contributed by atoms with E-state index in [-0.39, 0.29) is 5.92 Å². The number of likely N-dealkylation sites (N-methyl/N-ethyl adjacent to an activating group) is 1. The number of quaternary nitrogens is 1. The van der Waals surface area contributed by atoms with E-state index in [1.807, 2.05) is 34.9 Å².